The first-order valence-corrected chi connectivity index (χ1v) is 11.4. The number of hydrogen-bond donors (Lipinski definition) is 1. The highest BCUT2D eigenvalue weighted by Gasteiger charge is 2.27. The molecule has 1 aliphatic heterocycles. The molecule has 1 saturated carbocycles. The normalized spacial score (nSPS) is 16.6. The molecular formula is C20H22N4O5S. The number of imide groups is 1. The minimum atomic E-state index is -3.49. The van der Waals surface area contributed by atoms with Crippen LogP contribution in [-0.2, 0) is 27.6 Å². The maximum atomic E-state index is 12.7. The maximum absolute atomic E-state index is 12.7. The fourth-order valence-corrected chi connectivity index (χ4v) is 4.31. The Labute approximate surface area is 174 Å². The van der Waals surface area contributed by atoms with Crippen LogP contribution in [-0.4, -0.2) is 54.1 Å². The van der Waals surface area contributed by atoms with Crippen molar-refractivity contribution in [3.05, 3.63) is 48.0 Å². The molecule has 2 aromatic rings. The molecule has 1 aromatic heterocycles. The molecule has 1 saturated heterocycles. The summed E-state index contributed by atoms with van der Waals surface area (Å²) in [5, 5.41) is 2.20. The third-order valence-corrected chi connectivity index (χ3v) is 6.67. The second kappa shape index (κ2) is 8.39. The van der Waals surface area contributed by atoms with E-state index in [9.17, 15) is 18.0 Å². The Hall–Kier alpha value is -3.01. The molecule has 0 unspecified atom stereocenters. The van der Waals surface area contributed by atoms with Gasteiger partial charge in [-0.2, -0.15) is 0 Å². The van der Waals surface area contributed by atoms with Gasteiger partial charge in [0.15, 0.2) is 9.84 Å². The largest absolute Gasteiger partial charge is 0.493 e. The van der Waals surface area contributed by atoms with Gasteiger partial charge in [-0.3, -0.25) is 20.1 Å². The Morgan fingerprint density at radius 1 is 1.13 bits per heavy atom. The van der Waals surface area contributed by atoms with Gasteiger partial charge in [-0.05, 0) is 37.0 Å². The summed E-state index contributed by atoms with van der Waals surface area (Å²) >= 11 is 0. The molecule has 9 nitrogen and oxygen atoms in total. The number of nitrogens with one attached hydrogen (secondary N) is 1. The minimum absolute atomic E-state index is 0.00998. The van der Waals surface area contributed by atoms with Crippen molar-refractivity contribution in [1.82, 2.24) is 20.2 Å². The molecule has 4 rings (SSSR count). The van der Waals surface area contributed by atoms with Crippen molar-refractivity contribution in [2.45, 2.75) is 30.7 Å². The van der Waals surface area contributed by atoms with Gasteiger partial charge in [0.2, 0.25) is 5.91 Å². The standard InChI is InChI=1S/C20H22N4O5S/c25-19-12-24(20(26)23-19)11-16-10-21-15(9-22-16)6-7-30(27,28)18-3-1-2-17(8-18)29-13-14-4-5-14/h1-3,8-10,14H,4-7,11-13H2,(H,23,25,26). The van der Waals surface area contributed by atoms with Crippen molar-refractivity contribution in [2.75, 3.05) is 18.9 Å². The van der Waals surface area contributed by atoms with E-state index in [4.69, 9.17) is 4.74 Å². The number of sulfone groups is 1. The lowest BCUT2D eigenvalue weighted by molar-refractivity contribution is -0.118. The minimum Gasteiger partial charge on any atom is -0.493 e. The fraction of sp³-hybridized carbons (Fsp3) is 0.400. The average Bonchev–Trinajstić information content (AvgIpc) is 3.50. The number of aromatic nitrogens is 2. The lowest BCUT2D eigenvalue weighted by Crippen LogP contribution is -2.28. The van der Waals surface area contributed by atoms with Crippen molar-refractivity contribution >= 4 is 21.8 Å². The highest BCUT2D eigenvalue weighted by Crippen LogP contribution is 2.30. The number of carbonyl (C=O) groups is 2. The van der Waals surface area contributed by atoms with Gasteiger partial charge in [0.05, 0.1) is 41.4 Å². The van der Waals surface area contributed by atoms with Crippen LogP contribution in [0.3, 0.4) is 0 Å². The zero-order valence-corrected chi connectivity index (χ0v) is 17.1. The topological polar surface area (TPSA) is 119 Å². The Kier molecular flexibility index (Phi) is 5.67. The Balaban J connectivity index is 1.33. The average molecular weight is 430 g/mol. The highest BCUT2D eigenvalue weighted by molar-refractivity contribution is 7.91. The third-order valence-electron chi connectivity index (χ3n) is 4.95. The van der Waals surface area contributed by atoms with Crippen molar-refractivity contribution < 1.29 is 22.7 Å². The first kappa shape index (κ1) is 20.3. The van der Waals surface area contributed by atoms with Crippen LogP contribution in [0.25, 0.3) is 0 Å². The first-order valence-electron chi connectivity index (χ1n) is 9.73. The quantitative estimate of drug-likeness (QED) is 0.596. The number of hydrogen-bond acceptors (Lipinski definition) is 7. The van der Waals surface area contributed by atoms with Crippen molar-refractivity contribution in [3.8, 4) is 5.75 Å². The van der Waals surface area contributed by atoms with E-state index in [0.29, 0.717) is 29.7 Å². The third kappa shape index (κ3) is 5.12. The predicted molar refractivity (Wildman–Crippen MR) is 106 cm³/mol. The summed E-state index contributed by atoms with van der Waals surface area (Å²) in [6.07, 6.45) is 5.54. The smallest absolute Gasteiger partial charge is 0.324 e. The number of amides is 3. The second-order valence-electron chi connectivity index (χ2n) is 7.51. The SMILES string of the molecule is O=C1CN(Cc2cnc(CCS(=O)(=O)c3cccc(OCC4CC4)c3)cn2)C(=O)N1. The summed E-state index contributed by atoms with van der Waals surface area (Å²) in [5.41, 5.74) is 1.05. The molecule has 1 aromatic carbocycles. The summed E-state index contributed by atoms with van der Waals surface area (Å²) in [5.74, 6) is 0.705. The van der Waals surface area contributed by atoms with Crippen LogP contribution in [0.4, 0.5) is 4.79 Å². The van der Waals surface area contributed by atoms with Crippen LogP contribution in [0.15, 0.2) is 41.6 Å². The van der Waals surface area contributed by atoms with Gasteiger partial charge in [-0.15, -0.1) is 0 Å². The van der Waals surface area contributed by atoms with Crippen LogP contribution in [0.5, 0.6) is 5.75 Å². The van der Waals surface area contributed by atoms with Crippen molar-refractivity contribution in [1.29, 1.82) is 0 Å². The number of nitrogens with zero attached hydrogens (tertiary/aromatic N) is 3. The molecule has 30 heavy (non-hydrogen) atoms. The summed E-state index contributed by atoms with van der Waals surface area (Å²) in [6.45, 7) is 0.777. The van der Waals surface area contributed by atoms with E-state index < -0.39 is 15.9 Å². The van der Waals surface area contributed by atoms with E-state index in [1.165, 1.54) is 30.1 Å². The second-order valence-corrected chi connectivity index (χ2v) is 9.62. The molecule has 3 amide bonds. The summed E-state index contributed by atoms with van der Waals surface area (Å²) in [6, 6.07) is 6.12. The van der Waals surface area contributed by atoms with E-state index >= 15 is 0 Å². The molecular weight excluding hydrogens is 408 g/mol. The van der Waals surface area contributed by atoms with Gasteiger partial charge in [0.1, 0.15) is 12.3 Å². The van der Waals surface area contributed by atoms with Gasteiger partial charge < -0.3 is 9.64 Å². The van der Waals surface area contributed by atoms with Gasteiger partial charge in [-0.1, -0.05) is 6.07 Å². The van der Waals surface area contributed by atoms with Crippen molar-refractivity contribution in [3.63, 3.8) is 0 Å². The monoisotopic (exact) mass is 430 g/mol. The number of urea groups is 1. The van der Waals surface area contributed by atoms with Gasteiger partial charge in [-0.25, -0.2) is 13.2 Å². The zero-order chi connectivity index (χ0) is 21.1. The molecule has 0 bridgehead atoms. The number of ether oxygens (including phenoxy) is 1. The lowest BCUT2D eigenvalue weighted by Gasteiger charge is -2.12. The molecule has 0 atom stereocenters. The van der Waals surface area contributed by atoms with Crippen LogP contribution in [0.1, 0.15) is 24.2 Å². The molecule has 158 valence electrons. The van der Waals surface area contributed by atoms with E-state index in [1.54, 1.807) is 24.3 Å². The van der Waals surface area contributed by atoms with E-state index in [2.05, 4.69) is 15.3 Å². The van der Waals surface area contributed by atoms with Gasteiger partial charge in [0, 0.05) is 12.6 Å². The van der Waals surface area contributed by atoms with E-state index in [0.717, 1.165) is 0 Å². The molecule has 1 N–H and O–H groups in total. The Morgan fingerprint density at radius 3 is 2.57 bits per heavy atom. The van der Waals surface area contributed by atoms with Crippen molar-refractivity contribution in [2.24, 2.45) is 5.92 Å². The Bertz CT molecular complexity index is 1050. The number of rotatable bonds is 9. The van der Waals surface area contributed by atoms with Crippen LogP contribution >= 0.6 is 0 Å². The predicted octanol–water partition coefficient (Wildman–Crippen LogP) is 1.33. The molecule has 1 aliphatic carbocycles. The van der Waals surface area contributed by atoms with Gasteiger partial charge in [0.25, 0.3) is 0 Å². The highest BCUT2D eigenvalue weighted by atomic mass is 32.2. The molecule has 2 fully saturated rings. The summed E-state index contributed by atoms with van der Waals surface area (Å²) < 4.78 is 31.0. The zero-order valence-electron chi connectivity index (χ0n) is 16.3. The van der Waals surface area contributed by atoms with E-state index in [1.807, 2.05) is 0 Å². The fourth-order valence-electron chi connectivity index (χ4n) is 3.01. The number of benzene rings is 1. The first-order chi connectivity index (χ1) is 14.4. The summed E-state index contributed by atoms with van der Waals surface area (Å²) in [4.78, 5) is 32.8. The maximum Gasteiger partial charge on any atom is 0.324 e. The molecule has 0 radical (unpaired) electrons. The lowest BCUT2D eigenvalue weighted by atomic mass is 10.3. The number of aryl methyl sites for hydroxylation is 1. The Morgan fingerprint density at radius 2 is 1.90 bits per heavy atom. The molecule has 2 heterocycles. The molecule has 0 spiro atoms. The van der Waals surface area contributed by atoms with Crippen LogP contribution < -0.4 is 10.1 Å². The van der Waals surface area contributed by atoms with Gasteiger partial charge >= 0.3 is 6.03 Å². The summed E-state index contributed by atoms with van der Waals surface area (Å²) in [7, 11) is -3.49. The van der Waals surface area contributed by atoms with Crippen LogP contribution in [0, 0.1) is 5.92 Å². The molecule has 2 aliphatic rings. The van der Waals surface area contributed by atoms with E-state index in [-0.39, 0.29) is 36.1 Å². The van der Waals surface area contributed by atoms with Crippen LogP contribution in [0.2, 0.25) is 0 Å². The molecule has 10 heteroatoms. The number of carbonyl (C=O) groups excluding carboxylic acids is 2.